The Morgan fingerprint density at radius 1 is 1.53 bits per heavy atom. The van der Waals surface area contributed by atoms with Crippen LogP contribution in [0, 0.1) is 0 Å². The second-order valence-corrected chi connectivity index (χ2v) is 4.42. The number of ether oxygens (including phenoxy) is 1. The van der Waals surface area contributed by atoms with Crippen LogP contribution in [0.25, 0.3) is 11.2 Å². The molecule has 1 aliphatic rings. The summed E-state index contributed by atoms with van der Waals surface area (Å²) in [6.45, 7) is -0.106. The van der Waals surface area contributed by atoms with E-state index in [0.717, 1.165) is 0 Å². The molecule has 102 valence electrons. The highest BCUT2D eigenvalue weighted by molar-refractivity contribution is 5.83. The summed E-state index contributed by atoms with van der Waals surface area (Å²) in [6.07, 6.45) is 1.40. The van der Waals surface area contributed by atoms with E-state index in [1.165, 1.54) is 6.33 Å². The molecule has 3 atom stereocenters. The third kappa shape index (κ3) is 2.18. The Morgan fingerprint density at radius 2 is 2.37 bits per heavy atom. The molecule has 1 fully saturated rings. The fourth-order valence-corrected chi connectivity index (χ4v) is 2.14. The topological polar surface area (TPSA) is 148 Å². The minimum Gasteiger partial charge on any atom is -0.394 e. The van der Waals surface area contributed by atoms with Crippen LogP contribution >= 0.6 is 0 Å². The van der Waals surface area contributed by atoms with Gasteiger partial charge in [-0.1, -0.05) is 0 Å². The van der Waals surface area contributed by atoms with Gasteiger partial charge < -0.3 is 31.6 Å². The van der Waals surface area contributed by atoms with Crippen LogP contribution in [-0.4, -0.2) is 50.0 Å². The molecule has 0 spiro atoms. The molecular weight excluding hydrogens is 250 g/mol. The van der Waals surface area contributed by atoms with Crippen molar-refractivity contribution in [3.8, 4) is 0 Å². The van der Waals surface area contributed by atoms with Crippen molar-refractivity contribution in [3.63, 3.8) is 0 Å². The van der Waals surface area contributed by atoms with Gasteiger partial charge in [-0.05, 0) is 0 Å². The quantitative estimate of drug-likeness (QED) is 0.464. The number of nitrogen functional groups attached to an aromatic ring is 1. The van der Waals surface area contributed by atoms with E-state index in [9.17, 15) is 0 Å². The van der Waals surface area contributed by atoms with Gasteiger partial charge in [-0.3, -0.25) is 0 Å². The van der Waals surface area contributed by atoms with E-state index >= 15 is 0 Å². The molecule has 1 aliphatic heterocycles. The number of aromatic amines is 1. The number of H-pyrrole nitrogens is 1. The Labute approximate surface area is 108 Å². The van der Waals surface area contributed by atoms with Crippen molar-refractivity contribution in [2.45, 2.75) is 24.8 Å². The summed E-state index contributed by atoms with van der Waals surface area (Å²) in [6, 6.07) is -0.209. The van der Waals surface area contributed by atoms with Gasteiger partial charge in [-0.2, -0.15) is 9.97 Å². The summed E-state index contributed by atoms with van der Waals surface area (Å²) < 4.78 is 5.57. The lowest BCUT2D eigenvalue weighted by atomic mass is 10.1. The van der Waals surface area contributed by atoms with E-state index in [1.54, 1.807) is 0 Å². The van der Waals surface area contributed by atoms with Crippen molar-refractivity contribution >= 4 is 22.9 Å². The van der Waals surface area contributed by atoms with Crippen molar-refractivity contribution in [3.05, 3.63) is 6.33 Å². The fourth-order valence-electron chi connectivity index (χ4n) is 2.14. The van der Waals surface area contributed by atoms with Crippen LogP contribution < -0.4 is 16.8 Å². The molecule has 3 heterocycles. The molecule has 2 aromatic rings. The van der Waals surface area contributed by atoms with E-state index in [-0.39, 0.29) is 30.9 Å². The highest BCUT2D eigenvalue weighted by atomic mass is 16.5. The maximum absolute atomic E-state index is 9.11. The van der Waals surface area contributed by atoms with E-state index in [0.29, 0.717) is 23.4 Å². The number of aromatic nitrogens is 4. The van der Waals surface area contributed by atoms with Crippen molar-refractivity contribution < 1.29 is 9.84 Å². The van der Waals surface area contributed by atoms with Gasteiger partial charge in [0.2, 0.25) is 5.95 Å². The van der Waals surface area contributed by atoms with Crippen LogP contribution in [0.3, 0.4) is 0 Å². The number of hydrogen-bond donors (Lipinski definition) is 5. The summed E-state index contributed by atoms with van der Waals surface area (Å²) in [7, 11) is 0. The number of hydrogen-bond acceptors (Lipinski definition) is 8. The molecule has 7 N–H and O–H groups in total. The van der Waals surface area contributed by atoms with Crippen LogP contribution in [0.2, 0.25) is 0 Å². The maximum atomic E-state index is 9.11. The molecule has 0 bridgehead atoms. The first kappa shape index (κ1) is 12.1. The highest BCUT2D eigenvalue weighted by Crippen LogP contribution is 2.23. The smallest absolute Gasteiger partial charge is 0.224 e. The van der Waals surface area contributed by atoms with Gasteiger partial charge in [-0.15, -0.1) is 0 Å². The van der Waals surface area contributed by atoms with Gasteiger partial charge in [0.1, 0.15) is 11.7 Å². The number of anilines is 2. The van der Waals surface area contributed by atoms with Crippen LogP contribution in [-0.2, 0) is 4.74 Å². The lowest BCUT2D eigenvalue weighted by molar-refractivity contribution is 0.0191. The minimum absolute atomic E-state index is 0.106. The molecule has 1 saturated heterocycles. The summed E-state index contributed by atoms with van der Waals surface area (Å²) >= 11 is 0. The fraction of sp³-hybridized carbons (Fsp3) is 0.500. The van der Waals surface area contributed by atoms with Crippen LogP contribution in [0.5, 0.6) is 0 Å². The second-order valence-electron chi connectivity index (χ2n) is 4.42. The summed E-state index contributed by atoms with van der Waals surface area (Å²) in [5.74, 6) is 0.638. The summed E-state index contributed by atoms with van der Waals surface area (Å²) in [4.78, 5) is 15.1. The lowest BCUT2D eigenvalue weighted by Gasteiger charge is -2.14. The van der Waals surface area contributed by atoms with Gasteiger partial charge >= 0.3 is 0 Å². The first-order valence-electron chi connectivity index (χ1n) is 5.92. The monoisotopic (exact) mass is 265 g/mol. The second kappa shape index (κ2) is 4.61. The Bertz CT molecular complexity index is 586. The van der Waals surface area contributed by atoms with Gasteiger partial charge in [-0.25, -0.2) is 4.98 Å². The standard InChI is InChI=1S/C10H15N7O2/c11-4-1-6(19-5(4)2-18)15-9-7-8(14-3-13-7)16-10(12)17-9/h3-6,18H,1-2,11H2,(H4,12,13,14,15,16,17)/t4-,5+,6+/m0/s1. The number of nitrogens with two attached hydrogens (primary N) is 2. The van der Waals surface area contributed by atoms with E-state index in [4.69, 9.17) is 21.3 Å². The van der Waals surface area contributed by atoms with Crippen LogP contribution in [0.15, 0.2) is 6.33 Å². The van der Waals surface area contributed by atoms with Crippen LogP contribution in [0.1, 0.15) is 6.42 Å². The maximum Gasteiger partial charge on any atom is 0.224 e. The average molecular weight is 265 g/mol. The molecule has 0 saturated carbocycles. The van der Waals surface area contributed by atoms with Crippen LogP contribution in [0.4, 0.5) is 11.8 Å². The predicted octanol–water partition coefficient (Wildman–Crippen LogP) is -1.22. The van der Waals surface area contributed by atoms with Crippen molar-refractivity contribution in [1.82, 2.24) is 19.9 Å². The summed E-state index contributed by atoms with van der Waals surface area (Å²) in [5, 5.41) is 12.2. The molecular formula is C10H15N7O2. The van der Waals surface area contributed by atoms with E-state index in [1.807, 2.05) is 0 Å². The zero-order valence-corrected chi connectivity index (χ0v) is 10.1. The largest absolute Gasteiger partial charge is 0.394 e. The highest BCUT2D eigenvalue weighted by Gasteiger charge is 2.32. The number of nitrogens with zero attached hydrogens (tertiary/aromatic N) is 3. The number of fused-ring (bicyclic) bond motifs is 1. The third-order valence-corrected chi connectivity index (χ3v) is 3.08. The molecule has 0 amide bonds. The zero-order chi connectivity index (χ0) is 13.4. The normalized spacial score (nSPS) is 26.9. The molecule has 0 unspecified atom stereocenters. The van der Waals surface area contributed by atoms with Gasteiger partial charge in [0.05, 0.1) is 19.0 Å². The number of rotatable bonds is 3. The Kier molecular flexibility index (Phi) is 2.93. The Morgan fingerprint density at radius 3 is 3.11 bits per heavy atom. The van der Waals surface area contributed by atoms with Crippen molar-refractivity contribution in [1.29, 1.82) is 0 Å². The molecule has 2 aromatic heterocycles. The Balaban J connectivity index is 1.84. The molecule has 9 nitrogen and oxygen atoms in total. The first-order valence-corrected chi connectivity index (χ1v) is 5.92. The van der Waals surface area contributed by atoms with Gasteiger partial charge in [0, 0.05) is 12.5 Å². The number of nitrogens with one attached hydrogen (secondary N) is 2. The molecule has 3 rings (SSSR count). The third-order valence-electron chi connectivity index (χ3n) is 3.08. The predicted molar refractivity (Wildman–Crippen MR) is 68.1 cm³/mol. The molecule has 0 radical (unpaired) electrons. The van der Waals surface area contributed by atoms with E-state index < -0.39 is 0 Å². The number of imidazole rings is 1. The molecule has 0 aliphatic carbocycles. The number of aliphatic hydroxyl groups excluding tert-OH is 1. The lowest BCUT2D eigenvalue weighted by Crippen LogP contribution is -2.32. The molecule has 9 heteroatoms. The average Bonchev–Trinajstić information content (AvgIpc) is 2.95. The summed E-state index contributed by atoms with van der Waals surface area (Å²) in [5.41, 5.74) is 12.6. The Hall–Kier alpha value is -1.97. The zero-order valence-electron chi connectivity index (χ0n) is 10.1. The van der Waals surface area contributed by atoms with Gasteiger partial charge in [0.15, 0.2) is 11.5 Å². The molecule has 19 heavy (non-hydrogen) atoms. The first-order chi connectivity index (χ1) is 9.17. The van der Waals surface area contributed by atoms with Gasteiger partial charge in [0.25, 0.3) is 0 Å². The molecule has 0 aromatic carbocycles. The SMILES string of the molecule is Nc1nc(N[C@H]2C[C@H](N)[C@@H](CO)O2)c2[nH]cnc2n1. The van der Waals surface area contributed by atoms with Crippen molar-refractivity contribution in [2.75, 3.05) is 17.7 Å². The van der Waals surface area contributed by atoms with E-state index in [2.05, 4.69) is 25.3 Å². The van der Waals surface area contributed by atoms with Crippen molar-refractivity contribution in [2.24, 2.45) is 5.73 Å². The minimum atomic E-state index is -0.367. The number of aliphatic hydroxyl groups is 1.